The van der Waals surface area contributed by atoms with Gasteiger partial charge in [-0.3, -0.25) is 0 Å². The molecule has 184 valence electrons. The lowest BCUT2D eigenvalue weighted by Crippen LogP contribution is -2.25. The maximum Gasteiger partial charge on any atom is 0.0450 e. The van der Waals surface area contributed by atoms with Gasteiger partial charge in [0.1, 0.15) is 0 Å². The molecule has 1 aromatic rings. The van der Waals surface area contributed by atoms with E-state index in [1.807, 2.05) is 0 Å². The van der Waals surface area contributed by atoms with Gasteiger partial charge in [-0.2, -0.15) is 0 Å². The van der Waals surface area contributed by atoms with Crippen molar-refractivity contribution in [3.63, 3.8) is 0 Å². The SMILES string of the molecule is CCCCCCC[C@H]1CC[C@H]([C@H]2CC[C@H](C#Cc3ccc(CCCCC)c(Cl)c3)CC2)CC1. The highest BCUT2D eigenvalue weighted by Gasteiger charge is 2.30. The molecule has 2 fully saturated rings. The molecule has 1 aromatic carbocycles. The van der Waals surface area contributed by atoms with Gasteiger partial charge in [0.15, 0.2) is 0 Å². The summed E-state index contributed by atoms with van der Waals surface area (Å²) in [4.78, 5) is 0. The van der Waals surface area contributed by atoms with E-state index in [0.717, 1.165) is 34.8 Å². The van der Waals surface area contributed by atoms with E-state index < -0.39 is 0 Å². The fraction of sp³-hybridized carbons (Fsp3) is 0.750. The van der Waals surface area contributed by atoms with E-state index in [9.17, 15) is 0 Å². The van der Waals surface area contributed by atoms with Crippen molar-refractivity contribution in [1.82, 2.24) is 0 Å². The third-order valence-corrected chi connectivity index (χ3v) is 8.92. The number of hydrogen-bond acceptors (Lipinski definition) is 0. The van der Waals surface area contributed by atoms with E-state index in [0.29, 0.717) is 5.92 Å². The highest BCUT2D eigenvalue weighted by molar-refractivity contribution is 6.31. The fourth-order valence-electron chi connectivity index (χ4n) is 6.30. The molecule has 33 heavy (non-hydrogen) atoms. The second-order valence-electron chi connectivity index (χ2n) is 11.1. The lowest BCUT2D eigenvalue weighted by atomic mass is 9.69. The molecule has 0 heterocycles. The summed E-state index contributed by atoms with van der Waals surface area (Å²) in [6, 6.07) is 6.46. The van der Waals surface area contributed by atoms with Crippen LogP contribution in [0.3, 0.4) is 0 Å². The van der Waals surface area contributed by atoms with E-state index in [1.54, 1.807) is 0 Å². The van der Waals surface area contributed by atoms with Crippen LogP contribution in [0, 0.1) is 35.5 Å². The zero-order valence-corrected chi connectivity index (χ0v) is 22.4. The molecule has 0 radical (unpaired) electrons. The summed E-state index contributed by atoms with van der Waals surface area (Å²) < 4.78 is 0. The Bertz CT molecular complexity index is 723. The predicted molar refractivity (Wildman–Crippen MR) is 146 cm³/mol. The summed E-state index contributed by atoms with van der Waals surface area (Å²) in [5.41, 5.74) is 2.37. The molecule has 0 saturated heterocycles. The fourth-order valence-corrected chi connectivity index (χ4v) is 6.57. The molecule has 2 aliphatic carbocycles. The maximum absolute atomic E-state index is 6.53. The molecule has 0 atom stereocenters. The summed E-state index contributed by atoms with van der Waals surface area (Å²) in [7, 11) is 0. The van der Waals surface area contributed by atoms with Gasteiger partial charge in [0.2, 0.25) is 0 Å². The van der Waals surface area contributed by atoms with Gasteiger partial charge < -0.3 is 0 Å². The number of unbranched alkanes of at least 4 members (excludes halogenated alkanes) is 6. The first-order valence-corrected chi connectivity index (χ1v) is 14.9. The average molecular weight is 469 g/mol. The third-order valence-electron chi connectivity index (χ3n) is 8.57. The smallest absolute Gasteiger partial charge is 0.0450 e. The third kappa shape index (κ3) is 9.32. The highest BCUT2D eigenvalue weighted by atomic mass is 35.5. The number of rotatable bonds is 11. The largest absolute Gasteiger partial charge is 0.0945 e. The Hall–Kier alpha value is -0.930. The van der Waals surface area contributed by atoms with E-state index >= 15 is 0 Å². The summed E-state index contributed by atoms with van der Waals surface area (Å²) >= 11 is 6.53. The normalized spacial score (nSPS) is 25.4. The molecule has 3 rings (SSSR count). The Kier molecular flexibility index (Phi) is 12.2. The van der Waals surface area contributed by atoms with Gasteiger partial charge in [0.05, 0.1) is 0 Å². The van der Waals surface area contributed by atoms with E-state index in [4.69, 9.17) is 11.6 Å². The standard InChI is InChI=1S/C32H49Cl/c1-3-5-7-8-10-11-26-15-20-29(21-16-26)30-22-17-27(18-23-30)13-14-28-19-24-31(32(33)25-28)12-9-6-4-2/h19,24-27,29-30H,3-12,15-18,20-23H2,1-2H3/t26-,27-,29-,30-. The zero-order chi connectivity index (χ0) is 23.3. The number of halogens is 1. The number of hydrogen-bond donors (Lipinski definition) is 0. The molecule has 0 aliphatic heterocycles. The topological polar surface area (TPSA) is 0 Å². The van der Waals surface area contributed by atoms with Crippen molar-refractivity contribution >= 4 is 11.6 Å². The Labute approximate surface area is 210 Å². The highest BCUT2D eigenvalue weighted by Crippen LogP contribution is 2.42. The van der Waals surface area contributed by atoms with Crippen molar-refractivity contribution in [2.24, 2.45) is 23.7 Å². The van der Waals surface area contributed by atoms with Crippen LogP contribution in [0.5, 0.6) is 0 Å². The molecule has 0 nitrogen and oxygen atoms in total. The maximum atomic E-state index is 6.53. The first-order chi connectivity index (χ1) is 16.2. The van der Waals surface area contributed by atoms with Crippen LogP contribution in [0.1, 0.15) is 134 Å². The second-order valence-corrected chi connectivity index (χ2v) is 11.5. The minimum Gasteiger partial charge on any atom is -0.0945 e. The van der Waals surface area contributed by atoms with Gasteiger partial charge in [-0.1, -0.05) is 108 Å². The second kappa shape index (κ2) is 15.1. The van der Waals surface area contributed by atoms with Gasteiger partial charge in [-0.15, -0.1) is 0 Å². The van der Waals surface area contributed by atoms with Crippen LogP contribution >= 0.6 is 11.6 Å². The molecule has 2 aliphatic rings. The van der Waals surface area contributed by atoms with Gasteiger partial charge in [-0.05, 0) is 86.8 Å². The molecule has 0 amide bonds. The first kappa shape index (κ1) is 26.7. The van der Waals surface area contributed by atoms with Crippen molar-refractivity contribution in [2.45, 2.75) is 129 Å². The van der Waals surface area contributed by atoms with E-state index in [2.05, 4.69) is 43.9 Å². The quantitative estimate of drug-likeness (QED) is 0.223. The number of benzene rings is 1. The average Bonchev–Trinajstić information content (AvgIpc) is 2.85. The van der Waals surface area contributed by atoms with Gasteiger partial charge in [0, 0.05) is 16.5 Å². The molecule has 0 aromatic heterocycles. The van der Waals surface area contributed by atoms with Crippen molar-refractivity contribution in [1.29, 1.82) is 0 Å². The van der Waals surface area contributed by atoms with Gasteiger partial charge >= 0.3 is 0 Å². The molecule has 2 saturated carbocycles. The van der Waals surface area contributed by atoms with Crippen LogP contribution < -0.4 is 0 Å². The molecule has 1 heteroatoms. The predicted octanol–water partition coefficient (Wildman–Crippen LogP) is 10.4. The van der Waals surface area contributed by atoms with Crippen molar-refractivity contribution < 1.29 is 0 Å². The molecule has 0 bridgehead atoms. The Balaban J connectivity index is 1.35. The summed E-state index contributed by atoms with van der Waals surface area (Å²) in [5, 5.41) is 0.901. The Morgan fingerprint density at radius 1 is 0.758 bits per heavy atom. The minimum atomic E-state index is 0.587. The van der Waals surface area contributed by atoms with E-state index in [1.165, 1.54) is 115 Å². The van der Waals surface area contributed by atoms with Crippen molar-refractivity contribution in [3.8, 4) is 11.8 Å². The van der Waals surface area contributed by atoms with Crippen LogP contribution in [0.15, 0.2) is 18.2 Å². The summed E-state index contributed by atoms with van der Waals surface area (Å²) in [6.45, 7) is 4.56. The van der Waals surface area contributed by atoms with Gasteiger partial charge in [-0.25, -0.2) is 0 Å². The van der Waals surface area contributed by atoms with Crippen LogP contribution in [0.2, 0.25) is 5.02 Å². The molecule has 0 N–H and O–H groups in total. The van der Waals surface area contributed by atoms with Crippen LogP contribution in [-0.2, 0) is 6.42 Å². The summed E-state index contributed by atoms with van der Waals surface area (Å²) in [5.74, 6) is 10.7. The monoisotopic (exact) mass is 468 g/mol. The zero-order valence-electron chi connectivity index (χ0n) is 21.6. The van der Waals surface area contributed by atoms with Crippen LogP contribution in [0.25, 0.3) is 0 Å². The lowest BCUT2D eigenvalue weighted by Gasteiger charge is -2.37. The van der Waals surface area contributed by atoms with Crippen molar-refractivity contribution in [3.05, 3.63) is 34.3 Å². The number of aryl methyl sites for hydroxylation is 1. The van der Waals surface area contributed by atoms with E-state index in [-0.39, 0.29) is 0 Å². The molecule has 0 unspecified atom stereocenters. The first-order valence-electron chi connectivity index (χ1n) is 14.5. The Morgan fingerprint density at radius 3 is 2.06 bits per heavy atom. The molecular weight excluding hydrogens is 420 g/mol. The molecule has 0 spiro atoms. The van der Waals surface area contributed by atoms with Gasteiger partial charge in [0.25, 0.3) is 0 Å². The van der Waals surface area contributed by atoms with Crippen molar-refractivity contribution in [2.75, 3.05) is 0 Å². The van der Waals surface area contributed by atoms with Crippen LogP contribution in [0.4, 0.5) is 0 Å². The lowest BCUT2D eigenvalue weighted by molar-refractivity contribution is 0.153. The minimum absolute atomic E-state index is 0.587. The Morgan fingerprint density at radius 2 is 1.39 bits per heavy atom. The molecular formula is C32H49Cl. The van der Waals surface area contributed by atoms with Crippen LogP contribution in [-0.4, -0.2) is 0 Å². The summed E-state index contributed by atoms with van der Waals surface area (Å²) in [6.07, 6.45) is 25.0.